The molecular weight excluding hydrogens is 302 g/mol. The van der Waals surface area contributed by atoms with E-state index in [1.54, 1.807) is 11.9 Å². The van der Waals surface area contributed by atoms with E-state index in [4.69, 9.17) is 0 Å². The third kappa shape index (κ3) is 3.25. The molecule has 1 aliphatic carbocycles. The van der Waals surface area contributed by atoms with Gasteiger partial charge in [-0.3, -0.25) is 9.59 Å². The summed E-state index contributed by atoms with van der Waals surface area (Å²) in [5.74, 6) is 0.0270. The van der Waals surface area contributed by atoms with Crippen LogP contribution in [0, 0.1) is 0 Å². The molecule has 0 bridgehead atoms. The normalized spacial score (nSPS) is 19.5. The maximum atomic E-state index is 12.4. The summed E-state index contributed by atoms with van der Waals surface area (Å²) in [6.07, 6.45) is 0.793. The number of piperazine rings is 1. The molecule has 1 heterocycles. The predicted molar refractivity (Wildman–Crippen MR) is 87.2 cm³/mol. The van der Waals surface area contributed by atoms with Crippen molar-refractivity contribution in [2.75, 3.05) is 39.8 Å². The Kier molecular flexibility index (Phi) is 5.42. The van der Waals surface area contributed by atoms with E-state index in [0.717, 1.165) is 38.2 Å². The van der Waals surface area contributed by atoms with Gasteiger partial charge in [0.05, 0.1) is 12.5 Å². The van der Waals surface area contributed by atoms with Crippen molar-refractivity contribution in [3.05, 3.63) is 35.4 Å². The zero-order valence-electron chi connectivity index (χ0n) is 12.7. The van der Waals surface area contributed by atoms with Gasteiger partial charge in [0.2, 0.25) is 11.8 Å². The van der Waals surface area contributed by atoms with E-state index in [0.29, 0.717) is 0 Å². The van der Waals surface area contributed by atoms with Crippen LogP contribution in [0.25, 0.3) is 0 Å². The standard InChI is InChI=1S/C16H21N3O2.ClH/c1-18(11-15(20)19-8-6-17-7-9-19)16(21)14-10-12-4-2-3-5-13(12)14;/h2-5,14,17H,6-11H2,1H3;1H. The Morgan fingerprint density at radius 2 is 1.95 bits per heavy atom. The highest BCUT2D eigenvalue weighted by atomic mass is 35.5. The summed E-state index contributed by atoms with van der Waals surface area (Å²) in [5, 5.41) is 3.22. The number of nitrogens with zero attached hydrogens (tertiary/aromatic N) is 2. The minimum absolute atomic E-state index is 0. The highest BCUT2D eigenvalue weighted by Crippen LogP contribution is 2.35. The molecule has 2 amide bonds. The topological polar surface area (TPSA) is 52.7 Å². The molecule has 120 valence electrons. The Labute approximate surface area is 137 Å². The number of nitrogens with one attached hydrogen (secondary N) is 1. The molecule has 3 rings (SSSR count). The number of hydrogen-bond donors (Lipinski definition) is 1. The second kappa shape index (κ2) is 7.11. The number of carbonyl (C=O) groups excluding carboxylic acids is 2. The molecule has 1 unspecified atom stereocenters. The average molecular weight is 324 g/mol. The Hall–Kier alpha value is -1.59. The molecule has 1 aromatic rings. The second-order valence-corrected chi connectivity index (χ2v) is 5.78. The molecule has 1 aliphatic heterocycles. The fraction of sp³-hybridized carbons (Fsp3) is 0.500. The molecular formula is C16H22ClN3O2. The molecule has 1 aromatic carbocycles. The van der Waals surface area contributed by atoms with Crippen LogP contribution in [0.5, 0.6) is 0 Å². The fourth-order valence-electron chi connectivity index (χ4n) is 3.04. The summed E-state index contributed by atoms with van der Waals surface area (Å²) in [7, 11) is 1.73. The smallest absolute Gasteiger partial charge is 0.242 e. The number of fused-ring (bicyclic) bond motifs is 1. The summed E-state index contributed by atoms with van der Waals surface area (Å²) in [4.78, 5) is 28.0. The number of carbonyl (C=O) groups is 2. The number of hydrogen-bond acceptors (Lipinski definition) is 3. The summed E-state index contributed by atoms with van der Waals surface area (Å²) in [6, 6.07) is 8.03. The third-order valence-corrected chi connectivity index (χ3v) is 4.37. The van der Waals surface area contributed by atoms with Crippen LogP contribution in [0.1, 0.15) is 17.0 Å². The third-order valence-electron chi connectivity index (χ3n) is 4.37. The lowest BCUT2D eigenvalue weighted by Gasteiger charge is -2.33. The van der Waals surface area contributed by atoms with Crippen molar-refractivity contribution in [1.29, 1.82) is 0 Å². The van der Waals surface area contributed by atoms with E-state index in [-0.39, 0.29) is 36.7 Å². The molecule has 0 radical (unpaired) electrons. The van der Waals surface area contributed by atoms with Gasteiger partial charge in [-0.1, -0.05) is 24.3 Å². The van der Waals surface area contributed by atoms with Crippen molar-refractivity contribution >= 4 is 24.2 Å². The van der Waals surface area contributed by atoms with E-state index < -0.39 is 0 Å². The lowest BCUT2D eigenvalue weighted by molar-refractivity contribution is -0.140. The van der Waals surface area contributed by atoms with Gasteiger partial charge in [-0.25, -0.2) is 0 Å². The summed E-state index contributed by atoms with van der Waals surface area (Å²) >= 11 is 0. The molecule has 5 nitrogen and oxygen atoms in total. The highest BCUT2D eigenvalue weighted by molar-refractivity contribution is 5.90. The van der Waals surface area contributed by atoms with Crippen molar-refractivity contribution < 1.29 is 9.59 Å². The minimum Gasteiger partial charge on any atom is -0.339 e. The van der Waals surface area contributed by atoms with Gasteiger partial charge in [0.25, 0.3) is 0 Å². The lowest BCUT2D eigenvalue weighted by atomic mass is 9.77. The first-order valence-electron chi connectivity index (χ1n) is 7.48. The van der Waals surface area contributed by atoms with Crippen LogP contribution in [-0.4, -0.2) is 61.4 Å². The van der Waals surface area contributed by atoms with Gasteiger partial charge >= 0.3 is 0 Å². The molecule has 1 atom stereocenters. The van der Waals surface area contributed by atoms with Crippen molar-refractivity contribution in [1.82, 2.24) is 15.1 Å². The van der Waals surface area contributed by atoms with Crippen LogP contribution >= 0.6 is 12.4 Å². The van der Waals surface area contributed by atoms with Crippen LogP contribution in [0.2, 0.25) is 0 Å². The average Bonchev–Trinajstić information content (AvgIpc) is 2.49. The molecule has 0 saturated carbocycles. The minimum atomic E-state index is -0.0676. The van der Waals surface area contributed by atoms with Crippen molar-refractivity contribution in [2.45, 2.75) is 12.3 Å². The first-order chi connectivity index (χ1) is 10.2. The van der Waals surface area contributed by atoms with Crippen LogP contribution in [-0.2, 0) is 16.0 Å². The molecule has 22 heavy (non-hydrogen) atoms. The van der Waals surface area contributed by atoms with E-state index in [1.165, 1.54) is 5.56 Å². The number of likely N-dealkylation sites (N-methyl/N-ethyl adjacent to an activating group) is 1. The van der Waals surface area contributed by atoms with Gasteiger partial charge in [-0.05, 0) is 17.5 Å². The Balaban J connectivity index is 0.00000176. The lowest BCUT2D eigenvalue weighted by Crippen LogP contribution is -2.50. The predicted octanol–water partition coefficient (Wildman–Crippen LogP) is 0.638. The molecule has 1 saturated heterocycles. The van der Waals surface area contributed by atoms with Crippen LogP contribution in [0.4, 0.5) is 0 Å². The van der Waals surface area contributed by atoms with Gasteiger partial charge < -0.3 is 15.1 Å². The Morgan fingerprint density at radius 1 is 1.27 bits per heavy atom. The van der Waals surface area contributed by atoms with E-state index >= 15 is 0 Å². The van der Waals surface area contributed by atoms with Crippen LogP contribution in [0.3, 0.4) is 0 Å². The number of amides is 2. The highest BCUT2D eigenvalue weighted by Gasteiger charge is 2.34. The molecule has 0 aromatic heterocycles. The SMILES string of the molecule is CN(CC(=O)N1CCNCC1)C(=O)C1Cc2ccccc21.Cl. The molecule has 1 fully saturated rings. The van der Waals surface area contributed by atoms with Gasteiger partial charge in [0, 0.05) is 33.2 Å². The number of benzene rings is 1. The number of halogens is 1. The second-order valence-electron chi connectivity index (χ2n) is 5.78. The van der Waals surface area contributed by atoms with Crippen LogP contribution < -0.4 is 5.32 Å². The van der Waals surface area contributed by atoms with Crippen molar-refractivity contribution in [2.24, 2.45) is 0 Å². The Bertz CT molecular complexity index is 558. The van der Waals surface area contributed by atoms with Gasteiger partial charge in [0.1, 0.15) is 0 Å². The monoisotopic (exact) mass is 323 g/mol. The van der Waals surface area contributed by atoms with E-state index in [1.807, 2.05) is 23.1 Å². The first kappa shape index (κ1) is 16.8. The summed E-state index contributed by atoms with van der Waals surface area (Å²) in [6.45, 7) is 3.30. The van der Waals surface area contributed by atoms with Crippen LogP contribution in [0.15, 0.2) is 24.3 Å². The maximum absolute atomic E-state index is 12.4. The quantitative estimate of drug-likeness (QED) is 0.888. The zero-order valence-corrected chi connectivity index (χ0v) is 13.6. The van der Waals surface area contributed by atoms with E-state index in [2.05, 4.69) is 11.4 Å². The Morgan fingerprint density at radius 3 is 2.64 bits per heavy atom. The van der Waals surface area contributed by atoms with Gasteiger partial charge in [-0.15, -0.1) is 12.4 Å². The largest absolute Gasteiger partial charge is 0.339 e. The van der Waals surface area contributed by atoms with Gasteiger partial charge in [0.15, 0.2) is 0 Å². The van der Waals surface area contributed by atoms with Gasteiger partial charge in [-0.2, -0.15) is 0 Å². The molecule has 6 heteroatoms. The van der Waals surface area contributed by atoms with E-state index in [9.17, 15) is 9.59 Å². The maximum Gasteiger partial charge on any atom is 0.242 e. The molecule has 0 spiro atoms. The van der Waals surface area contributed by atoms with Crippen molar-refractivity contribution in [3.8, 4) is 0 Å². The first-order valence-corrected chi connectivity index (χ1v) is 7.48. The molecule has 1 N–H and O–H groups in total. The van der Waals surface area contributed by atoms with Crippen molar-refractivity contribution in [3.63, 3.8) is 0 Å². The molecule has 2 aliphatic rings. The number of rotatable bonds is 3. The summed E-state index contributed by atoms with van der Waals surface area (Å²) in [5.41, 5.74) is 2.36. The fourth-order valence-corrected chi connectivity index (χ4v) is 3.04. The zero-order chi connectivity index (χ0) is 14.8. The summed E-state index contributed by atoms with van der Waals surface area (Å²) < 4.78 is 0.